The van der Waals surface area contributed by atoms with Gasteiger partial charge in [0.25, 0.3) is 10.0 Å². The van der Waals surface area contributed by atoms with E-state index in [1.165, 1.54) is 0 Å². The van der Waals surface area contributed by atoms with Gasteiger partial charge in [0.2, 0.25) is 0 Å². The van der Waals surface area contributed by atoms with Gasteiger partial charge in [-0.15, -0.1) is 0 Å². The lowest BCUT2D eigenvalue weighted by molar-refractivity contribution is 0.425. The number of anilines is 2. The molecule has 5 rings (SSSR count). The minimum absolute atomic E-state index is 0.00282. The minimum atomic E-state index is -3.79. The summed E-state index contributed by atoms with van der Waals surface area (Å²) in [7, 11) is -3.79. The standard InChI is InChI=1S/C25H21Cl3N2O2S/c1-14-21(27)6-3-7-23(14)30-33(31,32)16-9-11-24-20(13-16)17-4-2-5-18(17)25(29-24)19-10-8-15(26)12-22(19)28/h2-4,6-13,17-18,25,29-30H,5H2,1H3/t17-,18+,25-/m1/s1. The Morgan fingerprint density at radius 1 is 0.970 bits per heavy atom. The number of sulfonamides is 1. The van der Waals surface area contributed by atoms with Crippen LogP contribution in [-0.4, -0.2) is 8.42 Å². The molecule has 8 heteroatoms. The molecule has 33 heavy (non-hydrogen) atoms. The topological polar surface area (TPSA) is 58.2 Å². The van der Waals surface area contributed by atoms with Crippen LogP contribution in [0.5, 0.6) is 0 Å². The number of allylic oxidation sites excluding steroid dienone is 2. The van der Waals surface area contributed by atoms with Crippen LogP contribution in [0.25, 0.3) is 0 Å². The van der Waals surface area contributed by atoms with Gasteiger partial charge in [0, 0.05) is 26.7 Å². The van der Waals surface area contributed by atoms with Crippen molar-refractivity contribution in [3.63, 3.8) is 0 Å². The third-order valence-electron chi connectivity index (χ3n) is 6.45. The highest BCUT2D eigenvalue weighted by Gasteiger charge is 2.39. The van der Waals surface area contributed by atoms with E-state index in [4.69, 9.17) is 34.8 Å². The van der Waals surface area contributed by atoms with E-state index < -0.39 is 10.0 Å². The smallest absolute Gasteiger partial charge is 0.261 e. The second-order valence-electron chi connectivity index (χ2n) is 8.41. The van der Waals surface area contributed by atoms with Gasteiger partial charge in [-0.05, 0) is 78.4 Å². The number of halogens is 3. The van der Waals surface area contributed by atoms with Crippen LogP contribution in [-0.2, 0) is 10.0 Å². The zero-order valence-corrected chi connectivity index (χ0v) is 20.7. The number of benzene rings is 3. The highest BCUT2D eigenvalue weighted by atomic mass is 35.5. The van der Waals surface area contributed by atoms with Crippen LogP contribution in [0.4, 0.5) is 11.4 Å². The predicted molar refractivity (Wildman–Crippen MR) is 136 cm³/mol. The fourth-order valence-electron chi connectivity index (χ4n) is 4.72. The van der Waals surface area contributed by atoms with E-state index in [2.05, 4.69) is 22.2 Å². The van der Waals surface area contributed by atoms with Gasteiger partial charge in [-0.2, -0.15) is 0 Å². The number of rotatable bonds is 4. The Morgan fingerprint density at radius 2 is 1.79 bits per heavy atom. The monoisotopic (exact) mass is 518 g/mol. The van der Waals surface area contributed by atoms with E-state index in [1.807, 2.05) is 18.2 Å². The van der Waals surface area contributed by atoms with E-state index >= 15 is 0 Å². The van der Waals surface area contributed by atoms with Crippen LogP contribution in [0, 0.1) is 12.8 Å². The largest absolute Gasteiger partial charge is 0.378 e. The number of hydrogen-bond acceptors (Lipinski definition) is 3. The molecule has 3 aromatic rings. The van der Waals surface area contributed by atoms with E-state index in [0.717, 1.165) is 23.2 Å². The summed E-state index contributed by atoms with van der Waals surface area (Å²) in [6.07, 6.45) is 5.18. The van der Waals surface area contributed by atoms with Gasteiger partial charge < -0.3 is 5.32 Å². The molecule has 0 fully saturated rings. The van der Waals surface area contributed by atoms with Crippen LogP contribution >= 0.6 is 34.8 Å². The maximum atomic E-state index is 13.2. The van der Waals surface area contributed by atoms with Crippen molar-refractivity contribution in [2.24, 2.45) is 5.92 Å². The van der Waals surface area contributed by atoms with Crippen LogP contribution in [0.2, 0.25) is 15.1 Å². The van der Waals surface area contributed by atoms with Crippen molar-refractivity contribution in [3.8, 4) is 0 Å². The average molecular weight is 520 g/mol. The highest BCUT2D eigenvalue weighted by molar-refractivity contribution is 7.92. The highest BCUT2D eigenvalue weighted by Crippen LogP contribution is 2.51. The van der Waals surface area contributed by atoms with Gasteiger partial charge >= 0.3 is 0 Å². The molecule has 170 valence electrons. The Labute approximate surface area is 208 Å². The molecule has 1 aliphatic carbocycles. The summed E-state index contributed by atoms with van der Waals surface area (Å²) in [4.78, 5) is 0.212. The summed E-state index contributed by atoms with van der Waals surface area (Å²) in [5.74, 6) is 0.304. The summed E-state index contributed by atoms with van der Waals surface area (Å²) in [5, 5.41) is 5.32. The van der Waals surface area contributed by atoms with Gasteiger partial charge in [0.15, 0.2) is 0 Å². The third-order valence-corrected chi connectivity index (χ3v) is 8.79. The lowest BCUT2D eigenvalue weighted by Crippen LogP contribution is -2.29. The molecule has 2 aliphatic rings. The summed E-state index contributed by atoms with van der Waals surface area (Å²) >= 11 is 18.8. The maximum absolute atomic E-state index is 13.2. The quantitative estimate of drug-likeness (QED) is 0.349. The zero-order chi connectivity index (χ0) is 23.3. The molecule has 1 aliphatic heterocycles. The van der Waals surface area contributed by atoms with Gasteiger partial charge in [-0.25, -0.2) is 8.42 Å². The van der Waals surface area contributed by atoms with Gasteiger partial charge in [-0.1, -0.05) is 59.1 Å². The molecule has 2 N–H and O–H groups in total. The molecule has 0 radical (unpaired) electrons. The molecule has 0 saturated carbocycles. The molecule has 0 amide bonds. The van der Waals surface area contributed by atoms with Crippen molar-refractivity contribution in [2.75, 3.05) is 10.0 Å². The van der Waals surface area contributed by atoms with Crippen LogP contribution in [0.15, 0.2) is 71.6 Å². The molecule has 4 nitrogen and oxygen atoms in total. The second-order valence-corrected chi connectivity index (χ2v) is 11.3. The van der Waals surface area contributed by atoms with Crippen molar-refractivity contribution < 1.29 is 8.42 Å². The average Bonchev–Trinajstić information content (AvgIpc) is 3.26. The Morgan fingerprint density at radius 3 is 2.58 bits per heavy atom. The summed E-state index contributed by atoms with van der Waals surface area (Å²) in [6, 6.07) is 15.9. The summed E-state index contributed by atoms with van der Waals surface area (Å²) < 4.78 is 29.0. The molecule has 1 heterocycles. The molecule has 0 aromatic heterocycles. The van der Waals surface area contributed by atoms with Crippen molar-refractivity contribution in [1.29, 1.82) is 0 Å². The van der Waals surface area contributed by atoms with E-state index in [0.29, 0.717) is 26.3 Å². The summed E-state index contributed by atoms with van der Waals surface area (Å²) in [5.41, 5.74) is 4.00. The van der Waals surface area contributed by atoms with Crippen molar-refractivity contribution in [2.45, 2.75) is 30.2 Å². The molecule has 0 bridgehead atoms. The number of fused-ring (bicyclic) bond motifs is 3. The molecule has 3 atom stereocenters. The third kappa shape index (κ3) is 4.12. The van der Waals surface area contributed by atoms with Crippen LogP contribution in [0.1, 0.15) is 35.1 Å². The van der Waals surface area contributed by atoms with Crippen LogP contribution in [0.3, 0.4) is 0 Å². The first-order chi connectivity index (χ1) is 15.7. The second kappa shape index (κ2) is 8.55. The van der Waals surface area contributed by atoms with Gasteiger partial charge in [0.05, 0.1) is 16.6 Å². The molecule has 0 unspecified atom stereocenters. The number of nitrogens with one attached hydrogen (secondary N) is 2. The fraction of sp³-hybridized carbons (Fsp3) is 0.200. The molecular weight excluding hydrogens is 499 g/mol. The Bertz CT molecular complexity index is 1390. The Kier molecular flexibility index (Phi) is 5.86. The lowest BCUT2D eigenvalue weighted by atomic mass is 9.77. The van der Waals surface area contributed by atoms with E-state index in [1.54, 1.807) is 43.3 Å². The minimum Gasteiger partial charge on any atom is -0.378 e. The van der Waals surface area contributed by atoms with Gasteiger partial charge in [0.1, 0.15) is 0 Å². The lowest BCUT2D eigenvalue weighted by Gasteiger charge is -2.38. The molecule has 0 spiro atoms. The Hall–Kier alpha value is -2.18. The first kappa shape index (κ1) is 22.6. The van der Waals surface area contributed by atoms with E-state index in [-0.39, 0.29) is 22.8 Å². The zero-order valence-electron chi connectivity index (χ0n) is 17.6. The van der Waals surface area contributed by atoms with Crippen molar-refractivity contribution in [1.82, 2.24) is 0 Å². The van der Waals surface area contributed by atoms with Crippen LogP contribution < -0.4 is 10.0 Å². The van der Waals surface area contributed by atoms with E-state index in [9.17, 15) is 8.42 Å². The predicted octanol–water partition coefficient (Wildman–Crippen LogP) is 7.58. The summed E-state index contributed by atoms with van der Waals surface area (Å²) in [6.45, 7) is 1.78. The fourth-order valence-corrected chi connectivity index (χ4v) is 6.58. The number of hydrogen-bond donors (Lipinski definition) is 2. The van der Waals surface area contributed by atoms with Crippen molar-refractivity contribution >= 4 is 56.2 Å². The first-order valence-electron chi connectivity index (χ1n) is 10.5. The SMILES string of the molecule is Cc1c(Cl)cccc1NS(=O)(=O)c1ccc2c(c1)[C@@H]1C=CC[C@@H]1[C@H](c1ccc(Cl)cc1Cl)N2. The molecule has 3 aromatic carbocycles. The maximum Gasteiger partial charge on any atom is 0.261 e. The van der Waals surface area contributed by atoms with Gasteiger partial charge in [-0.3, -0.25) is 4.72 Å². The normalized spacial score (nSPS) is 21.3. The first-order valence-corrected chi connectivity index (χ1v) is 13.2. The van der Waals surface area contributed by atoms with Crippen molar-refractivity contribution in [3.05, 3.63) is 98.5 Å². The molecular formula is C25H21Cl3N2O2S. The Balaban J connectivity index is 1.51. The molecule has 0 saturated heterocycles.